The molecule has 8 heteroatoms. The van der Waals surface area contributed by atoms with E-state index < -0.39 is 11.4 Å². The van der Waals surface area contributed by atoms with Gasteiger partial charge in [-0.1, -0.05) is 24.3 Å². The standard InChI is InChI=1S/C25H27FN6O/c1-30-11-13-31(14-12-30)18-9-7-17(8-10-18)23(28)24-21(27)15-22(33)32(29-24)25-19(16-5-6-16)3-2-4-20(25)26/h2-4,7-10,15-16,28H,5-6,11-14,27H2,1H3. The highest BCUT2D eigenvalue weighted by Crippen LogP contribution is 2.43. The second kappa shape index (κ2) is 8.44. The molecule has 3 N–H and O–H groups in total. The molecule has 1 aromatic heterocycles. The summed E-state index contributed by atoms with van der Waals surface area (Å²) in [5.74, 6) is -0.278. The van der Waals surface area contributed by atoms with Crippen molar-refractivity contribution in [1.82, 2.24) is 14.7 Å². The van der Waals surface area contributed by atoms with Gasteiger partial charge >= 0.3 is 0 Å². The number of nitrogens with zero attached hydrogens (tertiary/aromatic N) is 4. The van der Waals surface area contributed by atoms with E-state index in [-0.39, 0.29) is 28.7 Å². The van der Waals surface area contributed by atoms with Crippen LogP contribution in [0.25, 0.3) is 5.69 Å². The van der Waals surface area contributed by atoms with E-state index in [1.807, 2.05) is 30.3 Å². The van der Waals surface area contributed by atoms with Gasteiger partial charge in [0.2, 0.25) is 0 Å². The third kappa shape index (κ3) is 4.14. The smallest absolute Gasteiger partial charge is 0.273 e. The predicted molar refractivity (Wildman–Crippen MR) is 128 cm³/mol. The van der Waals surface area contributed by atoms with Crippen molar-refractivity contribution < 1.29 is 4.39 Å². The van der Waals surface area contributed by atoms with Crippen molar-refractivity contribution in [3.8, 4) is 5.69 Å². The lowest BCUT2D eigenvalue weighted by atomic mass is 10.0. The normalized spacial score (nSPS) is 16.7. The molecule has 2 heterocycles. The number of nitrogens with two attached hydrogens (primary N) is 1. The Bertz CT molecular complexity index is 1260. The molecule has 1 saturated carbocycles. The van der Waals surface area contributed by atoms with Gasteiger partial charge in [-0.25, -0.2) is 4.39 Å². The first-order valence-electron chi connectivity index (χ1n) is 11.2. The second-order valence-electron chi connectivity index (χ2n) is 8.86. The minimum Gasteiger partial charge on any atom is -0.397 e. The molecule has 33 heavy (non-hydrogen) atoms. The summed E-state index contributed by atoms with van der Waals surface area (Å²) in [6.07, 6.45) is 1.92. The highest BCUT2D eigenvalue weighted by atomic mass is 19.1. The average molecular weight is 447 g/mol. The monoisotopic (exact) mass is 446 g/mol. The fourth-order valence-corrected chi connectivity index (χ4v) is 4.34. The van der Waals surface area contributed by atoms with E-state index in [1.165, 1.54) is 12.1 Å². The summed E-state index contributed by atoms with van der Waals surface area (Å²) < 4.78 is 15.9. The number of para-hydroxylation sites is 1. The van der Waals surface area contributed by atoms with Crippen LogP contribution in [0.4, 0.5) is 15.8 Å². The van der Waals surface area contributed by atoms with Crippen LogP contribution in [-0.4, -0.2) is 53.6 Å². The van der Waals surface area contributed by atoms with Crippen molar-refractivity contribution in [2.45, 2.75) is 18.8 Å². The summed E-state index contributed by atoms with van der Waals surface area (Å²) in [4.78, 5) is 17.3. The van der Waals surface area contributed by atoms with Crippen LogP contribution in [0, 0.1) is 11.2 Å². The van der Waals surface area contributed by atoms with E-state index in [0.29, 0.717) is 5.56 Å². The average Bonchev–Trinajstić information content (AvgIpc) is 3.65. The molecule has 3 aromatic rings. The molecule has 7 nitrogen and oxygen atoms in total. The molecule has 0 atom stereocenters. The number of halogens is 1. The van der Waals surface area contributed by atoms with Crippen LogP contribution < -0.4 is 16.2 Å². The van der Waals surface area contributed by atoms with Crippen LogP contribution in [-0.2, 0) is 0 Å². The van der Waals surface area contributed by atoms with Crippen molar-refractivity contribution >= 4 is 17.1 Å². The van der Waals surface area contributed by atoms with Crippen molar-refractivity contribution in [3.05, 3.63) is 81.5 Å². The van der Waals surface area contributed by atoms with Gasteiger partial charge in [-0.15, -0.1) is 0 Å². The molecule has 1 aliphatic heterocycles. The minimum absolute atomic E-state index is 0.0930. The van der Waals surface area contributed by atoms with Gasteiger partial charge in [0.15, 0.2) is 0 Å². The molecule has 0 spiro atoms. The number of rotatable bonds is 5. The van der Waals surface area contributed by atoms with Crippen molar-refractivity contribution in [1.29, 1.82) is 5.41 Å². The first-order valence-corrected chi connectivity index (χ1v) is 11.2. The van der Waals surface area contributed by atoms with Gasteiger partial charge in [-0.05, 0) is 49.6 Å². The summed E-state index contributed by atoms with van der Waals surface area (Å²) in [7, 11) is 2.12. The van der Waals surface area contributed by atoms with E-state index in [4.69, 9.17) is 11.1 Å². The molecule has 5 rings (SSSR count). The molecular formula is C25H27FN6O. The maximum atomic E-state index is 14.8. The Morgan fingerprint density at radius 1 is 1.09 bits per heavy atom. The van der Waals surface area contributed by atoms with Gasteiger partial charge < -0.3 is 15.5 Å². The lowest BCUT2D eigenvalue weighted by molar-refractivity contribution is 0.313. The molecule has 170 valence electrons. The Labute approximate surface area is 191 Å². The zero-order valence-corrected chi connectivity index (χ0v) is 18.6. The molecule has 2 aliphatic rings. The quantitative estimate of drug-likeness (QED) is 0.588. The summed E-state index contributed by atoms with van der Waals surface area (Å²) in [5.41, 5.74) is 8.60. The zero-order chi connectivity index (χ0) is 23.1. The summed E-state index contributed by atoms with van der Waals surface area (Å²) in [6.45, 7) is 3.94. The van der Waals surface area contributed by atoms with Crippen LogP contribution in [0.5, 0.6) is 0 Å². The Kier molecular flexibility index (Phi) is 5.46. The number of hydrogen-bond donors (Lipinski definition) is 2. The Balaban J connectivity index is 1.48. The van der Waals surface area contributed by atoms with E-state index >= 15 is 0 Å². The second-order valence-corrected chi connectivity index (χ2v) is 8.86. The SMILES string of the molecule is CN1CCN(c2ccc(C(=N)c3nn(-c4c(F)cccc4C4CC4)c(=O)cc3N)cc2)CC1. The number of hydrogen-bond acceptors (Lipinski definition) is 6. The van der Waals surface area contributed by atoms with Gasteiger partial charge in [-0.3, -0.25) is 10.2 Å². The van der Waals surface area contributed by atoms with Gasteiger partial charge in [0.1, 0.15) is 17.2 Å². The number of anilines is 2. The predicted octanol–water partition coefficient (Wildman–Crippen LogP) is 3.00. The van der Waals surface area contributed by atoms with Gasteiger partial charge in [0, 0.05) is 43.5 Å². The van der Waals surface area contributed by atoms with Crippen molar-refractivity contribution in [2.24, 2.45) is 0 Å². The van der Waals surface area contributed by atoms with Gasteiger partial charge in [0.25, 0.3) is 5.56 Å². The van der Waals surface area contributed by atoms with Crippen LogP contribution >= 0.6 is 0 Å². The number of aromatic nitrogens is 2. The highest BCUT2D eigenvalue weighted by molar-refractivity contribution is 6.12. The summed E-state index contributed by atoms with van der Waals surface area (Å²) >= 11 is 0. The Hall–Kier alpha value is -3.52. The third-order valence-electron chi connectivity index (χ3n) is 6.47. The van der Waals surface area contributed by atoms with E-state index in [2.05, 4.69) is 21.9 Å². The van der Waals surface area contributed by atoms with E-state index in [9.17, 15) is 9.18 Å². The molecule has 0 unspecified atom stereocenters. The van der Waals surface area contributed by atoms with Crippen molar-refractivity contribution in [2.75, 3.05) is 43.9 Å². The number of piperazine rings is 1. The third-order valence-corrected chi connectivity index (χ3v) is 6.47. The Morgan fingerprint density at radius 3 is 2.45 bits per heavy atom. The topological polar surface area (TPSA) is 91.2 Å². The Morgan fingerprint density at radius 2 is 1.79 bits per heavy atom. The first kappa shape index (κ1) is 21.3. The number of nitrogens with one attached hydrogen (secondary N) is 1. The van der Waals surface area contributed by atoms with Crippen molar-refractivity contribution in [3.63, 3.8) is 0 Å². The lowest BCUT2D eigenvalue weighted by Gasteiger charge is -2.34. The first-order chi connectivity index (χ1) is 15.9. The molecule has 0 amide bonds. The summed E-state index contributed by atoms with van der Waals surface area (Å²) in [5, 5.41) is 13.1. The number of likely N-dealkylation sites (N-methyl/N-ethyl adjacent to an activating group) is 1. The molecule has 0 radical (unpaired) electrons. The fourth-order valence-electron chi connectivity index (χ4n) is 4.34. The minimum atomic E-state index is -0.513. The van der Waals surface area contributed by atoms with E-state index in [1.54, 1.807) is 6.07 Å². The largest absolute Gasteiger partial charge is 0.397 e. The molecule has 1 aliphatic carbocycles. The molecule has 1 saturated heterocycles. The number of nitrogen functional groups attached to an aromatic ring is 1. The van der Waals surface area contributed by atoms with Gasteiger partial charge in [0.05, 0.1) is 11.4 Å². The molecule has 2 aromatic carbocycles. The van der Waals surface area contributed by atoms with Crippen LogP contribution in [0.1, 0.15) is 35.6 Å². The van der Waals surface area contributed by atoms with Crippen LogP contribution in [0.15, 0.2) is 53.3 Å². The maximum absolute atomic E-state index is 14.8. The fraction of sp³-hybridized carbons (Fsp3) is 0.320. The number of benzene rings is 2. The zero-order valence-electron chi connectivity index (χ0n) is 18.6. The van der Waals surface area contributed by atoms with Gasteiger partial charge in [-0.2, -0.15) is 9.78 Å². The highest BCUT2D eigenvalue weighted by Gasteiger charge is 2.29. The summed E-state index contributed by atoms with van der Waals surface area (Å²) in [6, 6.07) is 13.7. The molecule has 0 bridgehead atoms. The molecular weight excluding hydrogens is 419 g/mol. The van der Waals surface area contributed by atoms with Crippen LogP contribution in [0.2, 0.25) is 0 Å². The maximum Gasteiger partial charge on any atom is 0.273 e. The lowest BCUT2D eigenvalue weighted by Crippen LogP contribution is -2.44. The molecule has 2 fully saturated rings. The van der Waals surface area contributed by atoms with Crippen LogP contribution in [0.3, 0.4) is 0 Å². The van der Waals surface area contributed by atoms with E-state index in [0.717, 1.165) is 55.0 Å².